The quantitative estimate of drug-likeness (QED) is 0.866. The number of nitrogens with zero attached hydrogens (tertiary/aromatic N) is 1. The van der Waals surface area contributed by atoms with Crippen LogP contribution in [0.2, 0.25) is 5.02 Å². The summed E-state index contributed by atoms with van der Waals surface area (Å²) in [6, 6.07) is 14.7. The standard InChI is InChI=1S/C18H19ClN2O3S/c19-16-9-8-15(13-17(16)21-11-4-12-25(21,23)24)20-18(22)10-7-14-5-2-1-3-6-14/h1-3,5-6,8-9,13H,4,7,10-12H2,(H,20,22). The molecule has 132 valence electrons. The Kier molecular flexibility index (Phi) is 5.30. The van der Waals surface area contributed by atoms with E-state index in [-0.39, 0.29) is 11.7 Å². The van der Waals surface area contributed by atoms with Gasteiger partial charge >= 0.3 is 0 Å². The lowest BCUT2D eigenvalue weighted by Crippen LogP contribution is -2.25. The number of hydrogen-bond acceptors (Lipinski definition) is 3. The molecule has 1 fully saturated rings. The molecule has 2 aromatic carbocycles. The summed E-state index contributed by atoms with van der Waals surface area (Å²) >= 11 is 6.16. The van der Waals surface area contributed by atoms with Crippen molar-refractivity contribution in [1.82, 2.24) is 0 Å². The molecule has 0 aliphatic carbocycles. The first-order valence-electron chi connectivity index (χ1n) is 8.09. The van der Waals surface area contributed by atoms with E-state index in [2.05, 4.69) is 5.32 Å². The fraction of sp³-hybridized carbons (Fsp3) is 0.278. The first-order chi connectivity index (χ1) is 12.0. The Balaban J connectivity index is 1.69. The Hall–Kier alpha value is -2.05. The second-order valence-electron chi connectivity index (χ2n) is 5.94. The summed E-state index contributed by atoms with van der Waals surface area (Å²) < 4.78 is 25.5. The highest BCUT2D eigenvalue weighted by atomic mass is 35.5. The number of benzene rings is 2. The van der Waals surface area contributed by atoms with Crippen LogP contribution in [0.5, 0.6) is 0 Å². The molecule has 0 atom stereocenters. The van der Waals surface area contributed by atoms with Crippen molar-refractivity contribution in [1.29, 1.82) is 0 Å². The highest BCUT2D eigenvalue weighted by Gasteiger charge is 2.30. The van der Waals surface area contributed by atoms with Gasteiger partial charge < -0.3 is 5.32 Å². The molecule has 2 aromatic rings. The third-order valence-electron chi connectivity index (χ3n) is 4.08. The van der Waals surface area contributed by atoms with Crippen LogP contribution in [0, 0.1) is 0 Å². The number of anilines is 2. The van der Waals surface area contributed by atoms with Crippen molar-refractivity contribution in [2.75, 3.05) is 21.9 Å². The molecule has 1 aliphatic heterocycles. The number of hydrogen-bond donors (Lipinski definition) is 1. The van der Waals surface area contributed by atoms with Crippen molar-refractivity contribution < 1.29 is 13.2 Å². The molecule has 0 spiro atoms. The average molecular weight is 379 g/mol. The van der Waals surface area contributed by atoms with E-state index in [1.54, 1.807) is 18.2 Å². The number of sulfonamides is 1. The summed E-state index contributed by atoms with van der Waals surface area (Å²) in [5, 5.41) is 3.17. The lowest BCUT2D eigenvalue weighted by atomic mass is 10.1. The first kappa shape index (κ1) is 17.8. The van der Waals surface area contributed by atoms with Gasteiger partial charge in [0.1, 0.15) is 0 Å². The van der Waals surface area contributed by atoms with Crippen LogP contribution in [-0.4, -0.2) is 26.6 Å². The van der Waals surface area contributed by atoms with Crippen LogP contribution in [0.3, 0.4) is 0 Å². The lowest BCUT2D eigenvalue weighted by molar-refractivity contribution is -0.116. The minimum Gasteiger partial charge on any atom is -0.326 e. The summed E-state index contributed by atoms with van der Waals surface area (Å²) in [6.45, 7) is 0.410. The third kappa shape index (κ3) is 4.32. The Bertz CT molecular complexity index is 869. The third-order valence-corrected chi connectivity index (χ3v) is 6.26. The maximum Gasteiger partial charge on any atom is 0.235 e. The van der Waals surface area contributed by atoms with Gasteiger partial charge in [0.15, 0.2) is 0 Å². The molecular weight excluding hydrogens is 360 g/mol. The molecule has 1 N–H and O–H groups in total. The minimum absolute atomic E-state index is 0.122. The summed E-state index contributed by atoms with van der Waals surface area (Å²) in [5.41, 5.74) is 2.05. The van der Waals surface area contributed by atoms with Gasteiger partial charge in [0.05, 0.1) is 16.5 Å². The van der Waals surface area contributed by atoms with E-state index in [0.717, 1.165) is 5.56 Å². The predicted molar refractivity (Wildman–Crippen MR) is 101 cm³/mol. The topological polar surface area (TPSA) is 66.5 Å². The van der Waals surface area contributed by atoms with Gasteiger partial charge in [0.2, 0.25) is 15.9 Å². The van der Waals surface area contributed by atoms with Gasteiger partial charge in [-0.15, -0.1) is 0 Å². The number of nitrogens with one attached hydrogen (secondary N) is 1. The molecule has 5 nitrogen and oxygen atoms in total. The molecule has 3 rings (SSSR count). The molecule has 25 heavy (non-hydrogen) atoms. The van der Waals surface area contributed by atoms with Crippen LogP contribution >= 0.6 is 11.6 Å². The fourth-order valence-electron chi connectivity index (χ4n) is 2.82. The number of carbonyl (C=O) groups excluding carboxylic acids is 1. The summed E-state index contributed by atoms with van der Waals surface area (Å²) in [7, 11) is -3.32. The van der Waals surface area contributed by atoms with Crippen LogP contribution in [0.15, 0.2) is 48.5 Å². The van der Waals surface area contributed by atoms with E-state index in [0.29, 0.717) is 42.2 Å². The van der Waals surface area contributed by atoms with E-state index < -0.39 is 10.0 Å². The monoisotopic (exact) mass is 378 g/mol. The van der Waals surface area contributed by atoms with E-state index >= 15 is 0 Å². The molecule has 0 bridgehead atoms. The van der Waals surface area contributed by atoms with Gasteiger partial charge in [0.25, 0.3) is 0 Å². The zero-order valence-electron chi connectivity index (χ0n) is 13.6. The van der Waals surface area contributed by atoms with Crippen molar-refractivity contribution in [3.63, 3.8) is 0 Å². The SMILES string of the molecule is O=C(CCc1ccccc1)Nc1ccc(Cl)c(N2CCCS2(=O)=O)c1. The van der Waals surface area contributed by atoms with Crippen LogP contribution in [0.25, 0.3) is 0 Å². The predicted octanol–water partition coefficient (Wildman–Crippen LogP) is 3.45. The Morgan fingerprint density at radius 3 is 2.60 bits per heavy atom. The second-order valence-corrected chi connectivity index (χ2v) is 8.36. The number of rotatable bonds is 5. The van der Waals surface area contributed by atoms with Gasteiger partial charge in [-0.1, -0.05) is 41.9 Å². The van der Waals surface area contributed by atoms with Crippen LogP contribution in [0.4, 0.5) is 11.4 Å². The fourth-order valence-corrected chi connectivity index (χ4v) is 4.66. The molecule has 1 saturated heterocycles. The molecular formula is C18H19ClN2O3S. The summed E-state index contributed by atoms with van der Waals surface area (Å²) in [6.07, 6.45) is 1.57. The first-order valence-corrected chi connectivity index (χ1v) is 10.1. The smallest absolute Gasteiger partial charge is 0.235 e. The van der Waals surface area contributed by atoms with E-state index in [4.69, 9.17) is 11.6 Å². The molecule has 0 aromatic heterocycles. The molecule has 0 unspecified atom stereocenters. The van der Waals surface area contributed by atoms with Crippen molar-refractivity contribution in [2.45, 2.75) is 19.3 Å². The van der Waals surface area contributed by atoms with Crippen LogP contribution in [-0.2, 0) is 21.2 Å². The highest BCUT2D eigenvalue weighted by molar-refractivity contribution is 7.93. The molecule has 1 heterocycles. The summed E-state index contributed by atoms with van der Waals surface area (Å²) in [5.74, 6) is -0.00168. The lowest BCUT2D eigenvalue weighted by Gasteiger charge is -2.19. The van der Waals surface area contributed by atoms with Gasteiger partial charge in [-0.05, 0) is 36.6 Å². The molecule has 0 saturated carbocycles. The average Bonchev–Trinajstić information content (AvgIpc) is 2.95. The Labute approximate surface area is 152 Å². The highest BCUT2D eigenvalue weighted by Crippen LogP contribution is 2.33. The minimum atomic E-state index is -3.32. The summed E-state index contributed by atoms with van der Waals surface area (Å²) in [4.78, 5) is 12.2. The van der Waals surface area contributed by atoms with Crippen LogP contribution in [0.1, 0.15) is 18.4 Å². The largest absolute Gasteiger partial charge is 0.326 e. The van der Waals surface area contributed by atoms with E-state index in [1.165, 1.54) is 4.31 Å². The van der Waals surface area contributed by atoms with Crippen molar-refractivity contribution in [2.24, 2.45) is 0 Å². The van der Waals surface area contributed by atoms with Crippen molar-refractivity contribution in [3.8, 4) is 0 Å². The van der Waals surface area contributed by atoms with Gasteiger partial charge in [0, 0.05) is 18.7 Å². The van der Waals surface area contributed by atoms with E-state index in [1.807, 2.05) is 30.3 Å². The zero-order valence-corrected chi connectivity index (χ0v) is 15.2. The molecule has 1 amide bonds. The number of amides is 1. The molecule has 0 radical (unpaired) electrons. The molecule has 7 heteroatoms. The maximum absolute atomic E-state index is 12.2. The second kappa shape index (κ2) is 7.45. The molecule has 1 aliphatic rings. The van der Waals surface area contributed by atoms with Crippen molar-refractivity contribution >= 4 is 38.9 Å². The number of carbonyl (C=O) groups is 1. The van der Waals surface area contributed by atoms with E-state index in [9.17, 15) is 13.2 Å². The van der Waals surface area contributed by atoms with Gasteiger partial charge in [-0.2, -0.15) is 0 Å². The van der Waals surface area contributed by atoms with Crippen LogP contribution < -0.4 is 9.62 Å². The maximum atomic E-state index is 12.2. The van der Waals surface area contributed by atoms with Gasteiger partial charge in [-0.3, -0.25) is 9.10 Å². The van der Waals surface area contributed by atoms with Gasteiger partial charge in [-0.25, -0.2) is 8.42 Å². The Morgan fingerprint density at radius 2 is 1.92 bits per heavy atom. The number of aryl methyl sites for hydroxylation is 1. The normalized spacial score (nSPS) is 16.0. The zero-order chi connectivity index (χ0) is 17.9. The Morgan fingerprint density at radius 1 is 1.16 bits per heavy atom. The van der Waals surface area contributed by atoms with Crippen molar-refractivity contribution in [3.05, 3.63) is 59.1 Å². The number of halogens is 1.